The van der Waals surface area contributed by atoms with Crippen molar-refractivity contribution in [1.29, 1.82) is 0 Å². The molecule has 2 heteroatoms. The van der Waals surface area contributed by atoms with Gasteiger partial charge in [-0.2, -0.15) is 0 Å². The van der Waals surface area contributed by atoms with Gasteiger partial charge in [0.1, 0.15) is 13.1 Å². The summed E-state index contributed by atoms with van der Waals surface area (Å²) in [5.41, 5.74) is 1.70. The van der Waals surface area contributed by atoms with Crippen LogP contribution < -0.4 is 0 Å². The van der Waals surface area contributed by atoms with Crippen molar-refractivity contribution in [1.82, 2.24) is 0 Å². The summed E-state index contributed by atoms with van der Waals surface area (Å²) in [4.78, 5) is 0. The second-order valence-electron chi connectivity index (χ2n) is 8.40. The van der Waals surface area contributed by atoms with Gasteiger partial charge < -0.3 is 9.59 Å². The molecule has 0 aromatic heterocycles. The minimum atomic E-state index is -1.30. The van der Waals surface area contributed by atoms with Crippen molar-refractivity contribution in [2.75, 3.05) is 19.6 Å². The van der Waals surface area contributed by atoms with Gasteiger partial charge in [-0.05, 0) is 25.2 Å². The van der Waals surface area contributed by atoms with Gasteiger partial charge in [-0.3, -0.25) is 0 Å². The van der Waals surface area contributed by atoms with Crippen molar-refractivity contribution < 1.29 is 9.59 Å². The normalized spacial score (nSPS) is 15.8. The van der Waals surface area contributed by atoms with E-state index in [4.69, 9.17) is 0 Å². The van der Waals surface area contributed by atoms with Crippen molar-refractivity contribution in [2.45, 2.75) is 31.4 Å². The second-order valence-corrected chi connectivity index (χ2v) is 8.40. The maximum Gasteiger partial charge on any atom is 0.177 e. The Hall–Kier alpha value is -2.86. The monoisotopic (exact) mass is 396 g/mol. The molecule has 1 saturated heterocycles. The van der Waals surface area contributed by atoms with E-state index in [1.165, 1.54) is 24.8 Å². The van der Waals surface area contributed by atoms with Gasteiger partial charge in [0.05, 0.1) is 13.1 Å². The van der Waals surface area contributed by atoms with Gasteiger partial charge in [-0.25, -0.2) is 0 Å². The van der Waals surface area contributed by atoms with Gasteiger partial charge in [0, 0.05) is 16.7 Å². The Kier molecular flexibility index (Phi) is 6.33. The highest BCUT2D eigenvalue weighted by molar-refractivity contribution is 5.44. The van der Waals surface area contributed by atoms with Crippen LogP contribution in [-0.2, 0) is 12.1 Å². The van der Waals surface area contributed by atoms with Gasteiger partial charge in [0.15, 0.2) is 5.60 Å². The highest BCUT2D eigenvalue weighted by Crippen LogP contribution is 2.29. The lowest BCUT2D eigenvalue weighted by atomic mass is 9.87. The van der Waals surface area contributed by atoms with E-state index in [1.54, 1.807) is 0 Å². The van der Waals surface area contributed by atoms with Gasteiger partial charge in [0.2, 0.25) is 0 Å². The third-order valence-corrected chi connectivity index (χ3v) is 6.19. The molecule has 0 spiro atoms. The maximum atomic E-state index is 11.7. The number of quaternary nitrogens is 1. The van der Waals surface area contributed by atoms with E-state index >= 15 is 0 Å². The molecule has 1 N–H and O–H groups in total. The standard InChI is InChI=1S/C28H30NO/c30-28(26-16-7-2-8-17-26,27-18-9-3-10-19-27)20-13-23-29(21-11-4-12-22-29)24-25-14-5-1-6-15-25/h1-3,5-10,14-19,30H,4,11-12,21-24H2/q+1. The minimum Gasteiger partial charge on any atom is -0.369 e. The molecule has 0 amide bonds. The van der Waals surface area contributed by atoms with Crippen LogP contribution in [0.15, 0.2) is 91.0 Å². The zero-order valence-electron chi connectivity index (χ0n) is 17.5. The summed E-state index contributed by atoms with van der Waals surface area (Å²) in [7, 11) is 0. The number of rotatable bonds is 5. The molecular weight excluding hydrogens is 366 g/mol. The van der Waals surface area contributed by atoms with Gasteiger partial charge in [0.25, 0.3) is 0 Å². The average Bonchev–Trinajstić information content (AvgIpc) is 2.81. The molecule has 4 rings (SSSR count). The number of piperidine rings is 1. The smallest absolute Gasteiger partial charge is 0.177 e. The van der Waals surface area contributed by atoms with Crippen molar-refractivity contribution in [3.63, 3.8) is 0 Å². The maximum absolute atomic E-state index is 11.7. The molecule has 0 aliphatic carbocycles. The quantitative estimate of drug-likeness (QED) is 0.468. The average molecular weight is 397 g/mol. The third kappa shape index (κ3) is 4.65. The first-order valence-electron chi connectivity index (χ1n) is 10.9. The van der Waals surface area contributed by atoms with Crippen LogP contribution in [0.5, 0.6) is 0 Å². The molecule has 0 unspecified atom stereocenters. The summed E-state index contributed by atoms with van der Waals surface area (Å²) >= 11 is 0. The molecule has 1 fully saturated rings. The molecule has 0 bridgehead atoms. The number of benzene rings is 3. The number of aliphatic hydroxyl groups is 1. The number of nitrogens with zero attached hydrogens (tertiary/aromatic N) is 1. The molecule has 30 heavy (non-hydrogen) atoms. The van der Waals surface area contributed by atoms with E-state index in [0.29, 0.717) is 0 Å². The Morgan fingerprint density at radius 2 is 1.20 bits per heavy atom. The van der Waals surface area contributed by atoms with Crippen molar-refractivity contribution in [3.8, 4) is 11.8 Å². The van der Waals surface area contributed by atoms with Gasteiger partial charge >= 0.3 is 0 Å². The van der Waals surface area contributed by atoms with E-state index < -0.39 is 5.60 Å². The fourth-order valence-electron chi connectivity index (χ4n) is 4.53. The Morgan fingerprint density at radius 1 is 0.700 bits per heavy atom. The van der Waals surface area contributed by atoms with Crippen LogP contribution >= 0.6 is 0 Å². The predicted octanol–water partition coefficient (Wildman–Crippen LogP) is 5.13. The van der Waals surface area contributed by atoms with Crippen LogP contribution in [0.1, 0.15) is 36.0 Å². The van der Waals surface area contributed by atoms with E-state index in [9.17, 15) is 5.11 Å². The van der Waals surface area contributed by atoms with Crippen LogP contribution in [0.2, 0.25) is 0 Å². The molecular formula is C28H30NO+. The van der Waals surface area contributed by atoms with E-state index in [0.717, 1.165) is 41.8 Å². The fourth-order valence-corrected chi connectivity index (χ4v) is 4.53. The lowest BCUT2D eigenvalue weighted by molar-refractivity contribution is -0.938. The summed E-state index contributed by atoms with van der Waals surface area (Å²) in [6.07, 6.45) is 3.80. The summed E-state index contributed by atoms with van der Waals surface area (Å²) < 4.78 is 0.983. The molecule has 152 valence electrons. The predicted molar refractivity (Wildman–Crippen MR) is 123 cm³/mol. The molecule has 3 aromatic rings. The highest BCUT2D eigenvalue weighted by Gasteiger charge is 2.31. The molecule has 0 radical (unpaired) electrons. The zero-order valence-corrected chi connectivity index (χ0v) is 17.5. The highest BCUT2D eigenvalue weighted by atomic mass is 16.3. The fraction of sp³-hybridized carbons (Fsp3) is 0.286. The van der Waals surface area contributed by atoms with Gasteiger partial charge in [-0.1, -0.05) is 96.9 Å². The lowest BCUT2D eigenvalue weighted by Gasteiger charge is -2.40. The van der Waals surface area contributed by atoms with E-state index in [-0.39, 0.29) is 0 Å². The summed E-state index contributed by atoms with van der Waals surface area (Å²) in [6, 6.07) is 30.3. The minimum absolute atomic E-state index is 0.761. The second kappa shape index (κ2) is 9.30. The first-order chi connectivity index (χ1) is 14.7. The van der Waals surface area contributed by atoms with Crippen LogP contribution in [0.25, 0.3) is 0 Å². The Morgan fingerprint density at radius 3 is 1.73 bits per heavy atom. The molecule has 2 nitrogen and oxygen atoms in total. The van der Waals surface area contributed by atoms with Crippen LogP contribution in [0.4, 0.5) is 0 Å². The molecule has 1 aliphatic rings. The van der Waals surface area contributed by atoms with Crippen molar-refractivity contribution in [2.24, 2.45) is 0 Å². The largest absolute Gasteiger partial charge is 0.369 e. The number of hydrogen-bond donors (Lipinski definition) is 1. The Balaban J connectivity index is 1.64. The first kappa shape index (κ1) is 20.4. The van der Waals surface area contributed by atoms with E-state index in [1.807, 2.05) is 60.7 Å². The number of hydrogen-bond acceptors (Lipinski definition) is 1. The summed E-state index contributed by atoms with van der Waals surface area (Å²) in [5.74, 6) is 6.70. The Labute approximate surface area is 180 Å². The molecule has 0 saturated carbocycles. The molecule has 0 atom stereocenters. The molecule has 1 aliphatic heterocycles. The van der Waals surface area contributed by atoms with Crippen LogP contribution in [0, 0.1) is 11.8 Å². The topological polar surface area (TPSA) is 20.2 Å². The molecule has 3 aromatic carbocycles. The zero-order chi connectivity index (χ0) is 20.7. The van der Waals surface area contributed by atoms with Crippen LogP contribution in [0.3, 0.4) is 0 Å². The molecule has 1 heterocycles. The van der Waals surface area contributed by atoms with Crippen molar-refractivity contribution >= 4 is 0 Å². The SMILES string of the molecule is OC(C#CC[N+]1(Cc2ccccc2)CCCCC1)(c1ccccc1)c1ccccc1. The first-order valence-corrected chi connectivity index (χ1v) is 10.9. The summed E-state index contributed by atoms with van der Waals surface area (Å²) in [6.45, 7) is 4.07. The van der Waals surface area contributed by atoms with Crippen molar-refractivity contribution in [3.05, 3.63) is 108 Å². The van der Waals surface area contributed by atoms with E-state index in [2.05, 4.69) is 42.2 Å². The van der Waals surface area contributed by atoms with Crippen LogP contribution in [-0.4, -0.2) is 29.2 Å². The third-order valence-electron chi connectivity index (χ3n) is 6.19. The Bertz CT molecular complexity index is 941. The summed E-state index contributed by atoms with van der Waals surface area (Å²) in [5, 5.41) is 11.7. The van der Waals surface area contributed by atoms with Gasteiger partial charge in [-0.15, -0.1) is 0 Å². The lowest BCUT2D eigenvalue weighted by Crippen LogP contribution is -2.51. The number of likely N-dealkylation sites (tertiary alicyclic amines) is 1.